The maximum absolute atomic E-state index is 11.2. The summed E-state index contributed by atoms with van der Waals surface area (Å²) in [6, 6.07) is 0. The third kappa shape index (κ3) is 1.64. The Morgan fingerprint density at radius 2 is 2.67 bits per heavy atom. The van der Waals surface area contributed by atoms with Crippen molar-refractivity contribution in [3.63, 3.8) is 0 Å². The number of carbonyl (C=O) groups excluding carboxylic acids is 1. The van der Waals surface area contributed by atoms with Crippen LogP contribution in [0.3, 0.4) is 0 Å². The van der Waals surface area contributed by atoms with Gasteiger partial charge < -0.3 is 9.84 Å². The molecule has 1 heterocycles. The molecule has 0 unspecified atom stereocenters. The third-order valence-corrected chi connectivity index (χ3v) is 1.35. The quantitative estimate of drug-likeness (QED) is 0.641. The van der Waals surface area contributed by atoms with Crippen LogP contribution in [-0.4, -0.2) is 17.6 Å². The van der Waals surface area contributed by atoms with E-state index in [0.29, 0.717) is 11.3 Å². The lowest BCUT2D eigenvalue weighted by atomic mass is 10.2. The van der Waals surface area contributed by atoms with Crippen molar-refractivity contribution < 1.29 is 9.32 Å². The van der Waals surface area contributed by atoms with E-state index >= 15 is 0 Å². The predicted molar refractivity (Wildman–Crippen MR) is 42.4 cm³/mol. The van der Waals surface area contributed by atoms with Crippen molar-refractivity contribution in [3.05, 3.63) is 17.5 Å². The molecule has 0 aromatic carbocycles. The highest BCUT2D eigenvalue weighted by Gasteiger charge is 2.10. The Balaban J connectivity index is 2.67. The van der Waals surface area contributed by atoms with Crippen molar-refractivity contribution in [2.75, 3.05) is 6.54 Å². The molecule has 0 saturated carbocycles. The van der Waals surface area contributed by atoms with Crippen LogP contribution in [0.15, 0.2) is 10.7 Å². The second kappa shape index (κ2) is 3.58. The van der Waals surface area contributed by atoms with Gasteiger partial charge in [-0.1, -0.05) is 11.1 Å². The number of hydrogen-bond acceptors (Lipinski definition) is 3. The Morgan fingerprint density at radius 3 is 3.17 bits per heavy atom. The first-order valence-corrected chi connectivity index (χ1v) is 3.38. The Morgan fingerprint density at radius 1 is 1.92 bits per heavy atom. The minimum atomic E-state index is -0.258. The molecule has 0 aliphatic rings. The van der Waals surface area contributed by atoms with E-state index in [1.807, 2.05) is 0 Å². The molecule has 0 fully saturated rings. The number of rotatable bonds is 2. The summed E-state index contributed by atoms with van der Waals surface area (Å²) < 4.78 is 4.70. The first-order chi connectivity index (χ1) is 5.75. The molecule has 4 heteroatoms. The van der Waals surface area contributed by atoms with E-state index in [0.717, 1.165) is 0 Å². The minimum Gasteiger partial charge on any atom is -0.361 e. The highest BCUT2D eigenvalue weighted by atomic mass is 16.5. The Kier molecular flexibility index (Phi) is 2.49. The second-order valence-corrected chi connectivity index (χ2v) is 2.18. The largest absolute Gasteiger partial charge is 0.361 e. The zero-order valence-corrected chi connectivity index (χ0v) is 6.63. The topological polar surface area (TPSA) is 55.1 Å². The number of nitrogens with zero attached hydrogens (tertiary/aromatic N) is 1. The van der Waals surface area contributed by atoms with Crippen LogP contribution in [0.4, 0.5) is 0 Å². The summed E-state index contributed by atoms with van der Waals surface area (Å²) in [6.07, 6.45) is 6.33. The van der Waals surface area contributed by atoms with Gasteiger partial charge in [-0.3, -0.25) is 4.79 Å². The summed E-state index contributed by atoms with van der Waals surface area (Å²) >= 11 is 0. The van der Waals surface area contributed by atoms with Crippen molar-refractivity contribution in [2.24, 2.45) is 0 Å². The fourth-order valence-electron chi connectivity index (χ4n) is 0.743. The second-order valence-electron chi connectivity index (χ2n) is 2.18. The Bertz CT molecular complexity index is 322. The smallest absolute Gasteiger partial charge is 0.257 e. The van der Waals surface area contributed by atoms with Crippen LogP contribution in [0.25, 0.3) is 0 Å². The number of aromatic nitrogens is 1. The van der Waals surface area contributed by atoms with Gasteiger partial charge in [-0.2, -0.15) is 0 Å². The molecule has 0 atom stereocenters. The molecule has 62 valence electrons. The van der Waals surface area contributed by atoms with Crippen LogP contribution in [0, 0.1) is 19.3 Å². The molecule has 0 radical (unpaired) electrons. The SMILES string of the molecule is C#CCNC(=O)c1cnoc1C. The first-order valence-electron chi connectivity index (χ1n) is 3.38. The summed E-state index contributed by atoms with van der Waals surface area (Å²) in [5.41, 5.74) is 0.422. The van der Waals surface area contributed by atoms with Crippen LogP contribution < -0.4 is 5.32 Å². The van der Waals surface area contributed by atoms with Gasteiger partial charge in [0.15, 0.2) is 0 Å². The highest BCUT2D eigenvalue weighted by Crippen LogP contribution is 2.04. The summed E-state index contributed by atoms with van der Waals surface area (Å²) in [5.74, 6) is 2.53. The molecule has 4 nitrogen and oxygen atoms in total. The van der Waals surface area contributed by atoms with Crippen molar-refractivity contribution in [1.82, 2.24) is 10.5 Å². The van der Waals surface area contributed by atoms with Gasteiger partial charge in [0.1, 0.15) is 11.3 Å². The summed E-state index contributed by atoms with van der Waals surface area (Å²) in [4.78, 5) is 11.2. The average molecular weight is 164 g/mol. The molecule has 12 heavy (non-hydrogen) atoms. The molecule has 1 aromatic rings. The highest BCUT2D eigenvalue weighted by molar-refractivity contribution is 5.94. The minimum absolute atomic E-state index is 0.212. The van der Waals surface area contributed by atoms with E-state index in [-0.39, 0.29) is 12.5 Å². The Labute approximate surface area is 69.9 Å². The molecule has 1 amide bonds. The number of terminal acetylenes is 1. The molecule has 1 aromatic heterocycles. The maximum Gasteiger partial charge on any atom is 0.257 e. The number of aryl methyl sites for hydroxylation is 1. The molecule has 0 aliphatic carbocycles. The summed E-state index contributed by atoms with van der Waals surface area (Å²) in [7, 11) is 0. The van der Waals surface area contributed by atoms with Crippen molar-refractivity contribution in [1.29, 1.82) is 0 Å². The van der Waals surface area contributed by atoms with Crippen LogP contribution in [0.1, 0.15) is 16.1 Å². The number of carbonyl (C=O) groups is 1. The monoisotopic (exact) mass is 164 g/mol. The zero-order valence-electron chi connectivity index (χ0n) is 6.63. The average Bonchev–Trinajstić information content (AvgIpc) is 2.47. The van der Waals surface area contributed by atoms with Crippen LogP contribution in [0.5, 0.6) is 0 Å². The predicted octanol–water partition coefficient (Wildman–Crippen LogP) is 0.346. The fourth-order valence-corrected chi connectivity index (χ4v) is 0.743. The van der Waals surface area contributed by atoms with Crippen LogP contribution in [0.2, 0.25) is 0 Å². The van der Waals surface area contributed by atoms with E-state index in [2.05, 4.69) is 16.4 Å². The van der Waals surface area contributed by atoms with E-state index in [9.17, 15) is 4.79 Å². The fraction of sp³-hybridized carbons (Fsp3) is 0.250. The molecule has 0 bridgehead atoms. The Hall–Kier alpha value is -1.76. The lowest BCUT2D eigenvalue weighted by molar-refractivity contribution is 0.0957. The van der Waals surface area contributed by atoms with Crippen LogP contribution in [-0.2, 0) is 0 Å². The summed E-state index contributed by atoms with van der Waals surface area (Å²) in [6.45, 7) is 1.88. The molecular formula is C8H8N2O2. The number of nitrogens with one attached hydrogen (secondary N) is 1. The van der Waals surface area contributed by atoms with E-state index in [1.165, 1.54) is 6.20 Å². The molecule has 0 spiro atoms. The molecule has 1 N–H and O–H groups in total. The molecule has 0 saturated heterocycles. The van der Waals surface area contributed by atoms with Gasteiger partial charge in [-0.25, -0.2) is 0 Å². The summed E-state index contributed by atoms with van der Waals surface area (Å²) in [5, 5.41) is 5.96. The normalized spacial score (nSPS) is 9.00. The molecular weight excluding hydrogens is 156 g/mol. The molecule has 0 aliphatic heterocycles. The van der Waals surface area contributed by atoms with E-state index in [4.69, 9.17) is 10.9 Å². The van der Waals surface area contributed by atoms with Crippen molar-refractivity contribution in [3.8, 4) is 12.3 Å². The van der Waals surface area contributed by atoms with Gasteiger partial charge in [0.2, 0.25) is 0 Å². The lowest BCUT2D eigenvalue weighted by Crippen LogP contribution is -2.23. The van der Waals surface area contributed by atoms with Crippen molar-refractivity contribution >= 4 is 5.91 Å². The van der Waals surface area contributed by atoms with E-state index in [1.54, 1.807) is 6.92 Å². The van der Waals surface area contributed by atoms with Gasteiger partial charge >= 0.3 is 0 Å². The van der Waals surface area contributed by atoms with Gasteiger partial charge in [0, 0.05) is 0 Å². The van der Waals surface area contributed by atoms with Crippen LogP contribution >= 0.6 is 0 Å². The maximum atomic E-state index is 11.2. The van der Waals surface area contributed by atoms with Gasteiger partial charge in [-0.05, 0) is 6.92 Å². The van der Waals surface area contributed by atoms with Gasteiger partial charge in [0.05, 0.1) is 12.7 Å². The first kappa shape index (κ1) is 8.34. The third-order valence-electron chi connectivity index (χ3n) is 1.35. The van der Waals surface area contributed by atoms with Crippen molar-refractivity contribution in [2.45, 2.75) is 6.92 Å². The zero-order chi connectivity index (χ0) is 8.97. The van der Waals surface area contributed by atoms with Gasteiger partial charge in [0.25, 0.3) is 5.91 Å². The molecule has 1 rings (SSSR count). The van der Waals surface area contributed by atoms with Gasteiger partial charge in [-0.15, -0.1) is 6.42 Å². The number of amides is 1. The number of hydrogen-bond donors (Lipinski definition) is 1. The van der Waals surface area contributed by atoms with E-state index < -0.39 is 0 Å². The lowest BCUT2D eigenvalue weighted by Gasteiger charge is -1.96. The standard InChI is InChI=1S/C8H8N2O2/c1-3-4-9-8(11)7-5-10-12-6(7)2/h1,5H,4H2,2H3,(H,9,11).